The number of halogens is 4. The van der Waals surface area contributed by atoms with Crippen molar-refractivity contribution in [1.29, 1.82) is 0 Å². The fourth-order valence-electron chi connectivity index (χ4n) is 2.64. The Morgan fingerprint density at radius 2 is 1.73 bits per heavy atom. The number of esters is 1. The summed E-state index contributed by atoms with van der Waals surface area (Å²) in [7, 11) is 0. The van der Waals surface area contributed by atoms with E-state index in [9.17, 15) is 31.9 Å². The van der Waals surface area contributed by atoms with Crippen LogP contribution in [0.4, 0.5) is 38.5 Å². The Morgan fingerprint density at radius 3 is 2.36 bits per heavy atom. The molecular weight excluding hydrogens is 448 g/mol. The maximum Gasteiger partial charge on any atom is 0.416 e. The van der Waals surface area contributed by atoms with Crippen LogP contribution < -0.4 is 20.9 Å². The molecule has 8 nitrogen and oxygen atoms in total. The molecule has 0 saturated carbocycles. The number of nitrogens with zero attached hydrogens (tertiary/aromatic N) is 1. The highest BCUT2D eigenvalue weighted by molar-refractivity contribution is 6.01. The summed E-state index contributed by atoms with van der Waals surface area (Å²) in [5.74, 6) is -1.17. The Morgan fingerprint density at radius 1 is 1.03 bits per heavy atom. The van der Waals surface area contributed by atoms with Gasteiger partial charge in [-0.3, -0.25) is 9.69 Å². The fourth-order valence-corrected chi connectivity index (χ4v) is 2.64. The molecule has 4 amide bonds. The maximum absolute atomic E-state index is 13.3. The van der Waals surface area contributed by atoms with Gasteiger partial charge in [0.2, 0.25) is 0 Å². The lowest BCUT2D eigenvalue weighted by Crippen LogP contribution is -2.44. The topological polar surface area (TPSA) is 99.8 Å². The van der Waals surface area contributed by atoms with Crippen LogP contribution in [0, 0.1) is 5.82 Å². The average Bonchev–Trinajstić information content (AvgIpc) is 2.76. The summed E-state index contributed by atoms with van der Waals surface area (Å²) < 4.78 is 56.8. The minimum Gasteiger partial charge on any atom is -0.465 e. The zero-order valence-corrected chi connectivity index (χ0v) is 17.5. The van der Waals surface area contributed by atoms with Gasteiger partial charge >= 0.3 is 24.2 Å². The SMILES string of the molecule is CCOC(=O)CNC(=O)NCCN(C(=O)Nc1cccc(C(F)(F)F)c1)c1ccc(F)cc1. The number of hydrogen-bond acceptors (Lipinski definition) is 4. The molecule has 0 radical (unpaired) electrons. The van der Waals surface area contributed by atoms with Crippen molar-refractivity contribution < 1.29 is 36.7 Å². The lowest BCUT2D eigenvalue weighted by molar-refractivity contribution is -0.141. The molecule has 2 aromatic carbocycles. The fraction of sp³-hybridized carbons (Fsp3) is 0.286. The number of amides is 4. The van der Waals surface area contributed by atoms with Crippen molar-refractivity contribution in [3.63, 3.8) is 0 Å². The molecule has 0 bridgehead atoms. The van der Waals surface area contributed by atoms with Crippen LogP contribution in [-0.2, 0) is 15.7 Å². The molecule has 33 heavy (non-hydrogen) atoms. The molecule has 0 aliphatic carbocycles. The first kappa shape index (κ1) is 25.4. The van der Waals surface area contributed by atoms with Crippen LogP contribution >= 0.6 is 0 Å². The molecule has 0 aliphatic rings. The standard InChI is InChI=1S/C21H22F4N4O4/c1-2-33-18(30)13-27-19(31)26-10-11-29(17-8-6-15(22)7-9-17)20(32)28-16-5-3-4-14(12-16)21(23,24)25/h3-9,12H,2,10-11,13H2,1H3,(H,28,32)(H2,26,27,31). The van der Waals surface area contributed by atoms with Gasteiger partial charge in [0.15, 0.2) is 0 Å². The Labute approximate surface area is 186 Å². The molecule has 0 saturated heterocycles. The molecule has 178 valence electrons. The van der Waals surface area contributed by atoms with Crippen LogP contribution in [0.3, 0.4) is 0 Å². The van der Waals surface area contributed by atoms with Crippen molar-refractivity contribution in [3.8, 4) is 0 Å². The lowest BCUT2D eigenvalue weighted by atomic mass is 10.2. The number of rotatable bonds is 8. The van der Waals surface area contributed by atoms with E-state index in [0.717, 1.165) is 35.2 Å². The molecule has 0 aromatic heterocycles. The van der Waals surface area contributed by atoms with Gasteiger partial charge in [0.1, 0.15) is 12.4 Å². The summed E-state index contributed by atoms with van der Waals surface area (Å²) in [6, 6.07) is 7.43. The van der Waals surface area contributed by atoms with Crippen LogP contribution in [-0.4, -0.2) is 44.3 Å². The summed E-state index contributed by atoms with van der Waals surface area (Å²) in [4.78, 5) is 37.0. The molecule has 2 aromatic rings. The van der Waals surface area contributed by atoms with Crippen LogP contribution in [0.15, 0.2) is 48.5 Å². The number of carbonyl (C=O) groups excluding carboxylic acids is 3. The number of ether oxygens (including phenoxy) is 1. The Kier molecular flexibility index (Phi) is 9.01. The second-order valence-electron chi connectivity index (χ2n) is 6.55. The van der Waals surface area contributed by atoms with E-state index in [-0.39, 0.29) is 37.6 Å². The molecule has 3 N–H and O–H groups in total. The van der Waals surface area contributed by atoms with Crippen molar-refractivity contribution in [2.45, 2.75) is 13.1 Å². The third kappa shape index (κ3) is 8.31. The molecule has 12 heteroatoms. The minimum atomic E-state index is -4.59. The van der Waals surface area contributed by atoms with Gasteiger partial charge in [0, 0.05) is 24.5 Å². The first-order valence-corrected chi connectivity index (χ1v) is 9.79. The number of carbonyl (C=O) groups is 3. The summed E-state index contributed by atoms with van der Waals surface area (Å²) in [5.41, 5.74) is -0.787. The van der Waals surface area contributed by atoms with Crippen LogP contribution in [0.2, 0.25) is 0 Å². The molecule has 0 heterocycles. The van der Waals surface area contributed by atoms with Gasteiger partial charge in [-0.25, -0.2) is 14.0 Å². The smallest absolute Gasteiger partial charge is 0.416 e. The predicted molar refractivity (Wildman–Crippen MR) is 112 cm³/mol. The van der Waals surface area contributed by atoms with Gasteiger partial charge in [-0.05, 0) is 49.4 Å². The van der Waals surface area contributed by atoms with Crippen LogP contribution in [0.5, 0.6) is 0 Å². The monoisotopic (exact) mass is 470 g/mol. The lowest BCUT2D eigenvalue weighted by Gasteiger charge is -2.24. The highest BCUT2D eigenvalue weighted by Gasteiger charge is 2.30. The first-order chi connectivity index (χ1) is 15.6. The normalized spacial score (nSPS) is 10.8. The zero-order chi connectivity index (χ0) is 24.4. The number of nitrogens with one attached hydrogen (secondary N) is 3. The van der Waals surface area contributed by atoms with Crippen LogP contribution in [0.25, 0.3) is 0 Å². The van der Waals surface area contributed by atoms with Crippen molar-refractivity contribution in [3.05, 3.63) is 59.9 Å². The van der Waals surface area contributed by atoms with E-state index in [2.05, 4.69) is 20.7 Å². The molecule has 0 unspecified atom stereocenters. The van der Waals surface area contributed by atoms with Gasteiger partial charge in [-0.15, -0.1) is 0 Å². The molecule has 2 rings (SSSR count). The van der Waals surface area contributed by atoms with Gasteiger partial charge in [-0.2, -0.15) is 13.2 Å². The number of urea groups is 2. The second kappa shape index (κ2) is 11.7. The summed E-state index contributed by atoms with van der Waals surface area (Å²) in [5, 5.41) is 7.08. The Balaban J connectivity index is 2.05. The quantitative estimate of drug-likeness (QED) is 0.404. The molecule has 0 aliphatic heterocycles. The average molecular weight is 470 g/mol. The first-order valence-electron chi connectivity index (χ1n) is 9.79. The minimum absolute atomic E-state index is 0.0813. The van der Waals surface area contributed by atoms with Crippen molar-refractivity contribution in [1.82, 2.24) is 10.6 Å². The maximum atomic E-state index is 13.3. The predicted octanol–water partition coefficient (Wildman–Crippen LogP) is 3.75. The van der Waals surface area contributed by atoms with E-state index in [1.165, 1.54) is 18.2 Å². The van der Waals surface area contributed by atoms with E-state index < -0.39 is 35.6 Å². The number of benzene rings is 2. The largest absolute Gasteiger partial charge is 0.465 e. The zero-order valence-electron chi connectivity index (χ0n) is 17.5. The highest BCUT2D eigenvalue weighted by atomic mass is 19.4. The van der Waals surface area contributed by atoms with Gasteiger partial charge in [-0.1, -0.05) is 6.07 Å². The molecule has 0 spiro atoms. The molecule has 0 fully saturated rings. The second-order valence-corrected chi connectivity index (χ2v) is 6.55. The summed E-state index contributed by atoms with van der Waals surface area (Å²) in [6.07, 6.45) is -4.59. The van der Waals surface area contributed by atoms with E-state index >= 15 is 0 Å². The van der Waals surface area contributed by atoms with E-state index in [4.69, 9.17) is 0 Å². The molecule has 0 atom stereocenters. The van der Waals surface area contributed by atoms with Crippen molar-refractivity contribution in [2.75, 3.05) is 36.5 Å². The highest BCUT2D eigenvalue weighted by Crippen LogP contribution is 2.30. The Bertz CT molecular complexity index is 967. The number of hydrogen-bond donors (Lipinski definition) is 3. The van der Waals surface area contributed by atoms with Gasteiger partial charge in [0.25, 0.3) is 0 Å². The molecular formula is C21H22F4N4O4. The number of anilines is 2. The summed E-state index contributed by atoms with van der Waals surface area (Å²) >= 11 is 0. The van der Waals surface area contributed by atoms with Gasteiger partial charge < -0.3 is 20.7 Å². The summed E-state index contributed by atoms with van der Waals surface area (Å²) in [6.45, 7) is 1.24. The third-order valence-electron chi connectivity index (χ3n) is 4.14. The van der Waals surface area contributed by atoms with Crippen molar-refractivity contribution >= 4 is 29.4 Å². The van der Waals surface area contributed by atoms with E-state index in [1.54, 1.807) is 6.92 Å². The van der Waals surface area contributed by atoms with E-state index in [0.29, 0.717) is 0 Å². The van der Waals surface area contributed by atoms with Crippen LogP contribution in [0.1, 0.15) is 12.5 Å². The third-order valence-corrected chi connectivity index (χ3v) is 4.14. The Hall–Kier alpha value is -3.83. The number of alkyl halides is 3. The van der Waals surface area contributed by atoms with Gasteiger partial charge in [0.05, 0.1) is 12.2 Å². The van der Waals surface area contributed by atoms with Crippen molar-refractivity contribution in [2.24, 2.45) is 0 Å². The van der Waals surface area contributed by atoms with E-state index in [1.807, 2.05) is 0 Å².